The summed E-state index contributed by atoms with van der Waals surface area (Å²) in [5.41, 5.74) is -1.18. The minimum Gasteiger partial charge on any atom is -0.464 e. The Morgan fingerprint density at radius 2 is 1.82 bits per heavy atom. The average Bonchev–Trinajstić information content (AvgIpc) is 3.35. The number of ether oxygens (including phenoxy) is 2. The van der Waals surface area contributed by atoms with Crippen molar-refractivity contribution in [1.82, 2.24) is 5.32 Å². The lowest BCUT2D eigenvalue weighted by Gasteiger charge is -2.20. The minimum atomic E-state index is -0.849. The van der Waals surface area contributed by atoms with Crippen LogP contribution >= 0.6 is 0 Å². The number of fused-ring (bicyclic) bond motifs is 1. The van der Waals surface area contributed by atoms with Gasteiger partial charge < -0.3 is 14.8 Å². The fourth-order valence-corrected chi connectivity index (χ4v) is 4.47. The summed E-state index contributed by atoms with van der Waals surface area (Å²) in [6.45, 7) is 6.17. The van der Waals surface area contributed by atoms with Gasteiger partial charge in [-0.15, -0.1) is 0 Å². The first-order valence-corrected chi connectivity index (χ1v) is 8.66. The predicted molar refractivity (Wildman–Crippen MR) is 81.2 cm³/mol. The molecule has 5 nitrogen and oxygen atoms in total. The van der Waals surface area contributed by atoms with E-state index in [1.807, 2.05) is 13.8 Å². The summed E-state index contributed by atoms with van der Waals surface area (Å²) in [6.07, 6.45) is 5.80. The zero-order valence-electron chi connectivity index (χ0n) is 13.8. The van der Waals surface area contributed by atoms with Crippen molar-refractivity contribution in [2.75, 3.05) is 6.61 Å². The molecule has 1 N–H and O–H groups in total. The fourth-order valence-electron chi connectivity index (χ4n) is 4.47. The fraction of sp³-hybridized carbons (Fsp3) is 0.882. The molecular formula is C17H27NO4. The highest BCUT2D eigenvalue weighted by Crippen LogP contribution is 2.60. The summed E-state index contributed by atoms with van der Waals surface area (Å²) < 4.78 is 10.9. The zero-order valence-corrected chi connectivity index (χ0v) is 13.8. The Bertz CT molecular complexity index is 465. The van der Waals surface area contributed by atoms with Crippen molar-refractivity contribution < 1.29 is 19.1 Å². The van der Waals surface area contributed by atoms with Crippen molar-refractivity contribution >= 4 is 12.1 Å². The van der Waals surface area contributed by atoms with Crippen LogP contribution < -0.4 is 5.32 Å². The van der Waals surface area contributed by atoms with Gasteiger partial charge in [-0.3, -0.25) is 0 Å². The minimum absolute atomic E-state index is 0.161. The first-order valence-electron chi connectivity index (χ1n) is 8.66. The molecule has 4 atom stereocenters. The van der Waals surface area contributed by atoms with Gasteiger partial charge in [-0.05, 0) is 39.0 Å². The Labute approximate surface area is 132 Å². The standard InChI is InChI=1S/C17H27NO4/c1-4-11-10-17(11,14(19)21-5-2)18-15(20)22-16(3)12-8-6-7-9-13(12)16/h11-13H,4-10H2,1-3H3,(H,18,20)/t11?,12?,13?,16?,17-/m1/s1. The second-order valence-corrected chi connectivity index (χ2v) is 7.20. The van der Waals surface area contributed by atoms with Gasteiger partial charge in [0.15, 0.2) is 0 Å². The van der Waals surface area contributed by atoms with E-state index in [4.69, 9.17) is 9.47 Å². The maximum Gasteiger partial charge on any atom is 0.408 e. The van der Waals surface area contributed by atoms with E-state index in [1.54, 1.807) is 6.92 Å². The van der Waals surface area contributed by atoms with Crippen molar-refractivity contribution in [3.05, 3.63) is 0 Å². The van der Waals surface area contributed by atoms with Crippen LogP contribution in [0.5, 0.6) is 0 Å². The van der Waals surface area contributed by atoms with Crippen LogP contribution in [0.2, 0.25) is 0 Å². The van der Waals surface area contributed by atoms with Gasteiger partial charge in [-0.2, -0.15) is 0 Å². The zero-order chi connectivity index (χ0) is 16.0. The lowest BCUT2D eigenvalue weighted by atomic mass is 10.0. The third-order valence-electron chi connectivity index (χ3n) is 6.00. The van der Waals surface area contributed by atoms with E-state index in [2.05, 4.69) is 5.32 Å². The number of carbonyl (C=O) groups is 2. The maximum atomic E-state index is 12.3. The number of carbonyl (C=O) groups excluding carboxylic acids is 2. The Morgan fingerprint density at radius 1 is 1.18 bits per heavy atom. The smallest absolute Gasteiger partial charge is 0.408 e. The monoisotopic (exact) mass is 309 g/mol. The predicted octanol–water partition coefficient (Wildman–Crippen LogP) is 3.02. The average molecular weight is 309 g/mol. The van der Waals surface area contributed by atoms with Gasteiger partial charge in [-0.1, -0.05) is 26.2 Å². The van der Waals surface area contributed by atoms with Gasteiger partial charge in [0.05, 0.1) is 6.61 Å². The molecule has 0 spiro atoms. The summed E-state index contributed by atoms with van der Waals surface area (Å²) in [4.78, 5) is 24.5. The van der Waals surface area contributed by atoms with Crippen LogP contribution in [-0.2, 0) is 14.3 Å². The molecule has 3 saturated carbocycles. The van der Waals surface area contributed by atoms with E-state index in [1.165, 1.54) is 12.8 Å². The van der Waals surface area contributed by atoms with Crippen molar-refractivity contribution in [2.45, 2.75) is 70.4 Å². The molecule has 0 aromatic carbocycles. The van der Waals surface area contributed by atoms with Gasteiger partial charge in [-0.25, -0.2) is 9.59 Å². The molecule has 1 amide bonds. The Balaban J connectivity index is 1.60. The molecule has 3 aliphatic rings. The summed E-state index contributed by atoms with van der Waals surface area (Å²) in [5.74, 6) is 0.851. The second-order valence-electron chi connectivity index (χ2n) is 7.20. The lowest BCUT2D eigenvalue weighted by molar-refractivity contribution is -0.147. The van der Waals surface area contributed by atoms with E-state index in [0.717, 1.165) is 19.3 Å². The highest BCUT2D eigenvalue weighted by molar-refractivity contribution is 5.89. The largest absolute Gasteiger partial charge is 0.464 e. The third-order valence-corrected chi connectivity index (χ3v) is 6.00. The van der Waals surface area contributed by atoms with Crippen LogP contribution in [-0.4, -0.2) is 29.8 Å². The van der Waals surface area contributed by atoms with Crippen molar-refractivity contribution in [2.24, 2.45) is 17.8 Å². The lowest BCUT2D eigenvalue weighted by Crippen LogP contribution is -2.47. The Kier molecular flexibility index (Phi) is 3.86. The molecule has 124 valence electrons. The molecule has 0 aromatic rings. The molecule has 0 saturated heterocycles. The summed E-state index contributed by atoms with van der Waals surface area (Å²) in [5, 5.41) is 2.82. The number of hydrogen-bond acceptors (Lipinski definition) is 4. The number of amides is 1. The third kappa shape index (κ3) is 2.38. The van der Waals surface area contributed by atoms with E-state index in [9.17, 15) is 9.59 Å². The summed E-state index contributed by atoms with van der Waals surface area (Å²) in [6, 6.07) is 0. The number of rotatable bonds is 5. The topological polar surface area (TPSA) is 64.6 Å². The summed E-state index contributed by atoms with van der Waals surface area (Å²) in [7, 11) is 0. The molecule has 5 heteroatoms. The normalized spacial score (nSPS) is 42.0. The van der Waals surface area contributed by atoms with E-state index in [-0.39, 0.29) is 17.5 Å². The number of esters is 1. The van der Waals surface area contributed by atoms with Gasteiger partial charge in [0.2, 0.25) is 0 Å². The molecule has 3 aliphatic carbocycles. The van der Waals surface area contributed by atoms with Gasteiger partial charge in [0.1, 0.15) is 11.1 Å². The highest BCUT2D eigenvalue weighted by Gasteiger charge is 2.66. The number of nitrogens with one attached hydrogen (secondary N) is 1. The van der Waals surface area contributed by atoms with Crippen LogP contribution in [0.3, 0.4) is 0 Å². The van der Waals surface area contributed by atoms with Gasteiger partial charge >= 0.3 is 12.1 Å². The Hall–Kier alpha value is -1.26. The van der Waals surface area contributed by atoms with Crippen LogP contribution in [0, 0.1) is 17.8 Å². The first kappa shape index (κ1) is 15.6. The molecule has 0 bridgehead atoms. The van der Waals surface area contributed by atoms with Crippen LogP contribution in [0.15, 0.2) is 0 Å². The molecule has 0 heterocycles. The number of hydrogen-bond donors (Lipinski definition) is 1. The van der Waals surface area contributed by atoms with E-state index >= 15 is 0 Å². The first-order chi connectivity index (χ1) is 10.5. The maximum absolute atomic E-state index is 12.3. The highest BCUT2D eigenvalue weighted by atomic mass is 16.6. The molecule has 0 aliphatic heterocycles. The van der Waals surface area contributed by atoms with Crippen molar-refractivity contribution in [3.63, 3.8) is 0 Å². The molecule has 3 fully saturated rings. The molecule has 3 rings (SSSR count). The van der Waals surface area contributed by atoms with Gasteiger partial charge in [0, 0.05) is 11.8 Å². The molecule has 0 radical (unpaired) electrons. The Morgan fingerprint density at radius 3 is 2.32 bits per heavy atom. The van der Waals surface area contributed by atoms with Crippen LogP contribution in [0.25, 0.3) is 0 Å². The molecule has 3 unspecified atom stereocenters. The molecule has 22 heavy (non-hydrogen) atoms. The van der Waals surface area contributed by atoms with E-state index in [0.29, 0.717) is 24.9 Å². The quantitative estimate of drug-likeness (QED) is 0.793. The molecular weight excluding hydrogens is 282 g/mol. The van der Waals surface area contributed by atoms with Crippen LogP contribution in [0.4, 0.5) is 4.79 Å². The van der Waals surface area contributed by atoms with Crippen molar-refractivity contribution in [1.29, 1.82) is 0 Å². The molecule has 0 aromatic heterocycles. The number of alkyl carbamates (subject to hydrolysis) is 1. The van der Waals surface area contributed by atoms with E-state index < -0.39 is 11.6 Å². The van der Waals surface area contributed by atoms with Crippen LogP contribution in [0.1, 0.15) is 59.3 Å². The summed E-state index contributed by atoms with van der Waals surface area (Å²) >= 11 is 0. The second kappa shape index (κ2) is 5.43. The SMILES string of the molecule is CCOC(=O)[C@@]1(NC(=O)OC2(C)C3CCCCC32)CC1CC. The van der Waals surface area contributed by atoms with Gasteiger partial charge in [0.25, 0.3) is 0 Å². The van der Waals surface area contributed by atoms with Crippen molar-refractivity contribution in [3.8, 4) is 0 Å².